The Balaban J connectivity index is 2.32. The van der Waals surface area contributed by atoms with E-state index in [0.29, 0.717) is 5.56 Å². The number of hydrogen-bond donors (Lipinski definition) is 0. The van der Waals surface area contributed by atoms with E-state index in [9.17, 15) is 13.2 Å². The van der Waals surface area contributed by atoms with Gasteiger partial charge in [0.05, 0.1) is 5.56 Å². The van der Waals surface area contributed by atoms with Gasteiger partial charge < -0.3 is 0 Å². The molecule has 84 valence electrons. The zero-order valence-corrected chi connectivity index (χ0v) is 8.55. The van der Waals surface area contributed by atoms with Crippen LogP contribution in [0.4, 0.5) is 13.2 Å². The number of pyridine rings is 1. The molecule has 2 aromatic rings. The van der Waals surface area contributed by atoms with Crippen molar-refractivity contribution in [2.75, 3.05) is 0 Å². The highest BCUT2D eigenvalue weighted by Crippen LogP contribution is 2.08. The van der Waals surface area contributed by atoms with Gasteiger partial charge in [0.2, 0.25) is 5.95 Å². The molecule has 2 rings (SSSR count). The summed E-state index contributed by atoms with van der Waals surface area (Å²) in [5.41, 5.74) is 0.379. The second kappa shape index (κ2) is 4.71. The van der Waals surface area contributed by atoms with Crippen LogP contribution in [0, 0.1) is 29.4 Å². The Bertz CT molecular complexity index is 594. The summed E-state index contributed by atoms with van der Waals surface area (Å²) in [6, 6.07) is 5.57. The molecule has 17 heavy (non-hydrogen) atoms. The molecular weight excluding hydrogens is 227 g/mol. The normalized spacial score (nSPS) is 9.59. The maximum Gasteiger partial charge on any atom is 0.212 e. The number of nitrogens with zero attached hydrogens (tertiary/aromatic N) is 1. The van der Waals surface area contributed by atoms with Gasteiger partial charge in [0.15, 0.2) is 0 Å². The van der Waals surface area contributed by atoms with Gasteiger partial charge >= 0.3 is 0 Å². The first kappa shape index (κ1) is 11.2. The van der Waals surface area contributed by atoms with Crippen LogP contribution in [0.3, 0.4) is 0 Å². The van der Waals surface area contributed by atoms with E-state index < -0.39 is 17.6 Å². The van der Waals surface area contributed by atoms with Gasteiger partial charge in [0, 0.05) is 11.8 Å². The zero-order chi connectivity index (χ0) is 12.3. The van der Waals surface area contributed by atoms with E-state index in [1.54, 1.807) is 0 Å². The molecule has 0 aliphatic heterocycles. The quantitative estimate of drug-likeness (QED) is 0.503. The van der Waals surface area contributed by atoms with Crippen LogP contribution < -0.4 is 0 Å². The zero-order valence-electron chi connectivity index (χ0n) is 8.55. The molecule has 0 N–H and O–H groups in total. The van der Waals surface area contributed by atoms with Crippen molar-refractivity contribution in [1.82, 2.24) is 4.98 Å². The summed E-state index contributed by atoms with van der Waals surface area (Å²) in [5.74, 6) is 3.25. The van der Waals surface area contributed by atoms with Crippen molar-refractivity contribution >= 4 is 0 Å². The smallest absolute Gasteiger partial charge is 0.212 e. The summed E-state index contributed by atoms with van der Waals surface area (Å²) in [6.07, 6.45) is 1.22. The summed E-state index contributed by atoms with van der Waals surface area (Å²) in [4.78, 5) is 3.39. The number of hydrogen-bond acceptors (Lipinski definition) is 1. The molecule has 1 aromatic carbocycles. The van der Waals surface area contributed by atoms with Crippen LogP contribution in [-0.4, -0.2) is 4.98 Å². The van der Waals surface area contributed by atoms with Crippen LogP contribution in [0.5, 0.6) is 0 Å². The van der Waals surface area contributed by atoms with E-state index in [1.165, 1.54) is 12.3 Å². The van der Waals surface area contributed by atoms with Crippen LogP contribution in [0.15, 0.2) is 36.5 Å². The lowest BCUT2D eigenvalue weighted by Crippen LogP contribution is -1.86. The number of aromatic nitrogens is 1. The molecule has 0 aliphatic rings. The van der Waals surface area contributed by atoms with Gasteiger partial charge in [-0.15, -0.1) is 0 Å². The van der Waals surface area contributed by atoms with Crippen molar-refractivity contribution in [1.29, 1.82) is 0 Å². The molecule has 0 spiro atoms. The fourth-order valence-electron chi connectivity index (χ4n) is 1.18. The van der Waals surface area contributed by atoms with Crippen molar-refractivity contribution in [3.63, 3.8) is 0 Å². The fourth-order valence-corrected chi connectivity index (χ4v) is 1.18. The summed E-state index contributed by atoms with van der Waals surface area (Å²) < 4.78 is 38.5. The molecule has 0 amide bonds. The lowest BCUT2D eigenvalue weighted by atomic mass is 10.2. The fraction of sp³-hybridized carbons (Fsp3) is 0. The van der Waals surface area contributed by atoms with Gasteiger partial charge in [-0.05, 0) is 30.3 Å². The van der Waals surface area contributed by atoms with Gasteiger partial charge in [-0.25, -0.2) is 13.8 Å². The van der Waals surface area contributed by atoms with E-state index in [0.717, 1.165) is 24.3 Å². The Morgan fingerprint density at radius 2 is 1.76 bits per heavy atom. The highest BCUT2D eigenvalue weighted by molar-refractivity contribution is 5.42. The predicted octanol–water partition coefficient (Wildman–Crippen LogP) is 2.90. The van der Waals surface area contributed by atoms with Crippen molar-refractivity contribution in [3.8, 4) is 11.8 Å². The van der Waals surface area contributed by atoms with Crippen LogP contribution >= 0.6 is 0 Å². The number of rotatable bonds is 0. The Kier molecular flexibility index (Phi) is 3.10. The summed E-state index contributed by atoms with van der Waals surface area (Å²) in [5, 5.41) is 0. The molecule has 0 atom stereocenters. The summed E-state index contributed by atoms with van der Waals surface area (Å²) in [6.45, 7) is 0. The number of halogens is 3. The Hall–Kier alpha value is -2.28. The van der Waals surface area contributed by atoms with Crippen molar-refractivity contribution in [3.05, 3.63) is 65.2 Å². The minimum absolute atomic E-state index is 0.0469. The minimum Gasteiger partial charge on any atom is -0.227 e. The molecular formula is C13H6F3N. The molecule has 0 unspecified atom stereocenters. The molecule has 0 saturated heterocycles. The molecule has 1 nitrogen and oxygen atoms in total. The second-order valence-corrected chi connectivity index (χ2v) is 3.24. The topological polar surface area (TPSA) is 12.9 Å². The molecule has 0 bridgehead atoms. The highest BCUT2D eigenvalue weighted by atomic mass is 19.1. The van der Waals surface area contributed by atoms with Gasteiger partial charge in [0.25, 0.3) is 0 Å². The third kappa shape index (κ3) is 2.85. The van der Waals surface area contributed by atoms with Crippen LogP contribution in [-0.2, 0) is 0 Å². The Labute approximate surface area is 95.9 Å². The van der Waals surface area contributed by atoms with Crippen LogP contribution in [0.1, 0.15) is 11.1 Å². The van der Waals surface area contributed by atoms with Gasteiger partial charge in [0.1, 0.15) is 11.6 Å². The van der Waals surface area contributed by atoms with E-state index in [1.807, 2.05) is 0 Å². The highest BCUT2D eigenvalue weighted by Gasteiger charge is 2.00. The van der Waals surface area contributed by atoms with Gasteiger partial charge in [-0.2, -0.15) is 4.39 Å². The first-order valence-electron chi connectivity index (χ1n) is 4.74. The average molecular weight is 233 g/mol. The molecule has 4 heteroatoms. The third-order valence-corrected chi connectivity index (χ3v) is 2.00. The van der Waals surface area contributed by atoms with E-state index in [2.05, 4.69) is 16.8 Å². The van der Waals surface area contributed by atoms with Crippen molar-refractivity contribution < 1.29 is 13.2 Å². The van der Waals surface area contributed by atoms with E-state index >= 15 is 0 Å². The Morgan fingerprint density at radius 3 is 2.47 bits per heavy atom. The largest absolute Gasteiger partial charge is 0.227 e. The summed E-state index contributed by atoms with van der Waals surface area (Å²) >= 11 is 0. The summed E-state index contributed by atoms with van der Waals surface area (Å²) in [7, 11) is 0. The first-order valence-corrected chi connectivity index (χ1v) is 4.74. The molecule has 1 aromatic heterocycles. The molecule has 0 aliphatic carbocycles. The average Bonchev–Trinajstić information content (AvgIpc) is 2.32. The van der Waals surface area contributed by atoms with Crippen molar-refractivity contribution in [2.45, 2.75) is 0 Å². The monoisotopic (exact) mass is 233 g/mol. The molecule has 0 radical (unpaired) electrons. The predicted molar refractivity (Wildman–Crippen MR) is 56.5 cm³/mol. The standard InChI is InChI=1S/C13H6F3N/c14-11-4-5-12(15)10(7-11)3-1-9-2-6-13(16)17-8-9/h2,4-8H. The van der Waals surface area contributed by atoms with Gasteiger partial charge in [-0.3, -0.25) is 0 Å². The lowest BCUT2D eigenvalue weighted by Gasteiger charge is -1.94. The van der Waals surface area contributed by atoms with Crippen LogP contribution in [0.2, 0.25) is 0 Å². The van der Waals surface area contributed by atoms with E-state index in [-0.39, 0.29) is 5.56 Å². The number of benzene rings is 1. The van der Waals surface area contributed by atoms with Crippen molar-refractivity contribution in [2.24, 2.45) is 0 Å². The third-order valence-electron chi connectivity index (χ3n) is 2.00. The van der Waals surface area contributed by atoms with E-state index in [4.69, 9.17) is 0 Å². The second-order valence-electron chi connectivity index (χ2n) is 3.24. The first-order chi connectivity index (χ1) is 8.15. The van der Waals surface area contributed by atoms with Crippen LogP contribution in [0.25, 0.3) is 0 Å². The maximum atomic E-state index is 13.2. The lowest BCUT2D eigenvalue weighted by molar-refractivity contribution is 0.583. The SMILES string of the molecule is Fc1ccc(F)c(C#Cc2ccc(F)nc2)c1. The minimum atomic E-state index is -0.618. The molecule has 0 fully saturated rings. The molecule has 0 saturated carbocycles. The van der Waals surface area contributed by atoms with Gasteiger partial charge in [-0.1, -0.05) is 11.8 Å². The maximum absolute atomic E-state index is 13.2. The Morgan fingerprint density at radius 1 is 0.941 bits per heavy atom. The molecule has 1 heterocycles.